The Kier molecular flexibility index (Phi) is 4.04. The fraction of sp³-hybridized carbons (Fsp3) is 0.625. The van der Waals surface area contributed by atoms with E-state index in [-0.39, 0.29) is 0 Å². The second-order valence-corrected chi connectivity index (χ2v) is 3.73. The molecule has 0 aliphatic heterocycles. The van der Waals surface area contributed by atoms with E-state index in [1.807, 2.05) is 6.20 Å². The zero-order valence-electron chi connectivity index (χ0n) is 7.34. The van der Waals surface area contributed by atoms with E-state index < -0.39 is 0 Å². The predicted molar refractivity (Wildman–Crippen MR) is 53.4 cm³/mol. The van der Waals surface area contributed by atoms with Crippen molar-refractivity contribution in [3.05, 3.63) is 11.1 Å². The molecule has 0 amide bonds. The van der Waals surface area contributed by atoms with E-state index in [0.717, 1.165) is 16.6 Å². The summed E-state index contributed by atoms with van der Waals surface area (Å²) in [7, 11) is 0. The number of rotatable bonds is 5. The Morgan fingerprint density at radius 3 is 3.08 bits per heavy atom. The first-order valence-corrected chi connectivity index (χ1v) is 5.07. The van der Waals surface area contributed by atoms with Crippen LogP contribution in [0.5, 0.6) is 0 Å². The van der Waals surface area contributed by atoms with Crippen molar-refractivity contribution in [2.24, 2.45) is 5.73 Å². The van der Waals surface area contributed by atoms with Crippen LogP contribution in [0, 0.1) is 0 Å². The van der Waals surface area contributed by atoms with Crippen LogP contribution in [0.2, 0.25) is 0 Å². The zero-order valence-corrected chi connectivity index (χ0v) is 8.16. The molecule has 0 aliphatic carbocycles. The molecule has 0 fully saturated rings. The molecule has 0 radical (unpaired) electrons. The van der Waals surface area contributed by atoms with Crippen LogP contribution in [0.15, 0.2) is 6.20 Å². The second kappa shape index (κ2) is 5.11. The number of hydrogen-bond donors (Lipinski definition) is 2. The molecule has 0 unspecified atom stereocenters. The number of hydrogen-bond acceptors (Lipinski definition) is 4. The monoisotopic (exact) mass is 185 g/mol. The fourth-order valence-corrected chi connectivity index (χ4v) is 1.57. The van der Waals surface area contributed by atoms with Crippen LogP contribution < -0.4 is 11.1 Å². The lowest BCUT2D eigenvalue weighted by atomic mass is 10.3. The van der Waals surface area contributed by atoms with Crippen LogP contribution in [0.1, 0.15) is 24.6 Å². The summed E-state index contributed by atoms with van der Waals surface area (Å²) in [6.45, 7) is 3.77. The summed E-state index contributed by atoms with van der Waals surface area (Å²) >= 11 is 1.64. The molecular formula is C8H15N3S. The Morgan fingerprint density at radius 2 is 2.50 bits per heavy atom. The first kappa shape index (κ1) is 9.48. The highest BCUT2D eigenvalue weighted by Crippen LogP contribution is 2.16. The third kappa shape index (κ3) is 2.79. The Hall–Kier alpha value is -0.610. The van der Waals surface area contributed by atoms with Gasteiger partial charge < -0.3 is 11.1 Å². The van der Waals surface area contributed by atoms with Crippen LogP contribution in [0.25, 0.3) is 0 Å². The van der Waals surface area contributed by atoms with E-state index >= 15 is 0 Å². The summed E-state index contributed by atoms with van der Waals surface area (Å²) in [4.78, 5) is 5.32. The summed E-state index contributed by atoms with van der Waals surface area (Å²) in [5.74, 6) is 0. The maximum absolute atomic E-state index is 5.46. The van der Waals surface area contributed by atoms with Crippen molar-refractivity contribution in [1.82, 2.24) is 4.98 Å². The van der Waals surface area contributed by atoms with Crippen molar-refractivity contribution in [1.29, 1.82) is 0 Å². The smallest absolute Gasteiger partial charge is 0.182 e. The van der Waals surface area contributed by atoms with Gasteiger partial charge in [0.2, 0.25) is 0 Å². The second-order valence-electron chi connectivity index (χ2n) is 2.62. The molecule has 0 saturated carbocycles. The van der Waals surface area contributed by atoms with Crippen LogP contribution in [-0.4, -0.2) is 11.5 Å². The third-order valence-electron chi connectivity index (χ3n) is 1.56. The predicted octanol–water partition coefficient (Wildman–Crippen LogP) is 1.81. The van der Waals surface area contributed by atoms with Crippen molar-refractivity contribution in [2.75, 3.05) is 11.9 Å². The largest absolute Gasteiger partial charge is 0.362 e. The molecule has 68 valence electrons. The first-order chi connectivity index (χ1) is 5.86. The zero-order chi connectivity index (χ0) is 8.81. The van der Waals surface area contributed by atoms with Gasteiger partial charge in [-0.2, -0.15) is 0 Å². The molecule has 4 heteroatoms. The Balaban J connectivity index is 2.31. The van der Waals surface area contributed by atoms with E-state index in [1.165, 1.54) is 12.8 Å². The Bertz CT molecular complexity index is 222. The van der Waals surface area contributed by atoms with Crippen molar-refractivity contribution in [3.8, 4) is 0 Å². The summed E-state index contributed by atoms with van der Waals surface area (Å²) in [6.07, 6.45) is 4.23. The van der Waals surface area contributed by atoms with Crippen LogP contribution in [0.3, 0.4) is 0 Å². The molecule has 0 aromatic carbocycles. The summed E-state index contributed by atoms with van der Waals surface area (Å²) in [5.41, 5.74) is 5.46. The molecule has 3 N–H and O–H groups in total. The van der Waals surface area contributed by atoms with Gasteiger partial charge in [0.05, 0.1) is 0 Å². The maximum Gasteiger partial charge on any atom is 0.182 e. The number of unbranched alkanes of at least 4 members (excludes halogenated alkanes) is 1. The van der Waals surface area contributed by atoms with Crippen molar-refractivity contribution < 1.29 is 0 Å². The van der Waals surface area contributed by atoms with Gasteiger partial charge in [-0.3, -0.25) is 0 Å². The molecule has 1 aromatic heterocycles. The third-order valence-corrected chi connectivity index (χ3v) is 2.54. The van der Waals surface area contributed by atoms with Gasteiger partial charge >= 0.3 is 0 Å². The van der Waals surface area contributed by atoms with Crippen molar-refractivity contribution >= 4 is 16.5 Å². The number of aromatic nitrogens is 1. The van der Waals surface area contributed by atoms with Gasteiger partial charge in [-0.25, -0.2) is 4.98 Å². The van der Waals surface area contributed by atoms with Gasteiger partial charge in [0, 0.05) is 24.2 Å². The van der Waals surface area contributed by atoms with E-state index in [1.54, 1.807) is 11.3 Å². The van der Waals surface area contributed by atoms with Crippen molar-refractivity contribution in [3.63, 3.8) is 0 Å². The van der Waals surface area contributed by atoms with E-state index in [2.05, 4.69) is 17.2 Å². The standard InChI is InChI=1S/C8H15N3S/c1-2-3-4-10-8-11-6-7(5-9)12-8/h6H,2-5,9H2,1H3,(H,10,11). The van der Waals surface area contributed by atoms with Crippen molar-refractivity contribution in [2.45, 2.75) is 26.3 Å². The molecule has 0 bridgehead atoms. The van der Waals surface area contributed by atoms with Gasteiger partial charge in [0.25, 0.3) is 0 Å². The Labute approximate surface area is 77.0 Å². The summed E-state index contributed by atoms with van der Waals surface area (Å²) in [6, 6.07) is 0. The molecule has 3 nitrogen and oxygen atoms in total. The molecule has 1 rings (SSSR count). The number of anilines is 1. The minimum absolute atomic E-state index is 0.590. The van der Waals surface area contributed by atoms with Crippen LogP contribution in [0.4, 0.5) is 5.13 Å². The maximum atomic E-state index is 5.46. The first-order valence-electron chi connectivity index (χ1n) is 4.25. The lowest BCUT2D eigenvalue weighted by Crippen LogP contribution is -1.99. The molecule has 1 heterocycles. The number of nitrogens with zero attached hydrogens (tertiary/aromatic N) is 1. The van der Waals surface area contributed by atoms with Gasteiger partial charge in [-0.05, 0) is 6.42 Å². The molecule has 0 atom stereocenters. The normalized spacial score (nSPS) is 10.2. The minimum atomic E-state index is 0.590. The number of nitrogens with two attached hydrogens (primary N) is 1. The van der Waals surface area contributed by atoms with Gasteiger partial charge in [0.1, 0.15) is 0 Å². The van der Waals surface area contributed by atoms with Crippen LogP contribution in [-0.2, 0) is 6.54 Å². The quantitative estimate of drug-likeness (QED) is 0.688. The van der Waals surface area contributed by atoms with E-state index in [0.29, 0.717) is 6.54 Å². The highest BCUT2D eigenvalue weighted by molar-refractivity contribution is 7.15. The number of nitrogens with one attached hydrogen (secondary N) is 1. The SMILES string of the molecule is CCCCNc1ncc(CN)s1. The molecular weight excluding hydrogens is 170 g/mol. The Morgan fingerprint density at radius 1 is 1.67 bits per heavy atom. The molecule has 12 heavy (non-hydrogen) atoms. The summed E-state index contributed by atoms with van der Waals surface area (Å²) in [5, 5.41) is 4.24. The average molecular weight is 185 g/mol. The fourth-order valence-electron chi connectivity index (χ4n) is 0.856. The van der Waals surface area contributed by atoms with Gasteiger partial charge in [0.15, 0.2) is 5.13 Å². The minimum Gasteiger partial charge on any atom is -0.362 e. The lowest BCUT2D eigenvalue weighted by molar-refractivity contribution is 0.833. The van der Waals surface area contributed by atoms with Gasteiger partial charge in [-0.15, -0.1) is 11.3 Å². The molecule has 1 aromatic rings. The highest BCUT2D eigenvalue weighted by atomic mass is 32.1. The lowest BCUT2D eigenvalue weighted by Gasteiger charge is -1.98. The molecule has 0 spiro atoms. The van der Waals surface area contributed by atoms with E-state index in [4.69, 9.17) is 5.73 Å². The molecule has 0 aliphatic rings. The average Bonchev–Trinajstić information content (AvgIpc) is 2.53. The number of thiazole rings is 1. The van der Waals surface area contributed by atoms with Gasteiger partial charge in [-0.1, -0.05) is 13.3 Å². The highest BCUT2D eigenvalue weighted by Gasteiger charge is 1.97. The van der Waals surface area contributed by atoms with Crippen LogP contribution >= 0.6 is 11.3 Å². The van der Waals surface area contributed by atoms with E-state index in [9.17, 15) is 0 Å². The summed E-state index contributed by atoms with van der Waals surface area (Å²) < 4.78 is 0. The molecule has 0 saturated heterocycles. The topological polar surface area (TPSA) is 50.9 Å².